The lowest BCUT2D eigenvalue weighted by atomic mass is 10.2. The van der Waals surface area contributed by atoms with E-state index >= 15 is 0 Å². The van der Waals surface area contributed by atoms with E-state index in [-0.39, 0.29) is 0 Å². The Kier molecular flexibility index (Phi) is 2.56. The fourth-order valence-corrected chi connectivity index (χ4v) is 0.771. The largest absolute Gasteiger partial charge is 0.287 e. The van der Waals surface area contributed by atoms with Crippen LogP contribution in [0.5, 0.6) is 0 Å². The van der Waals surface area contributed by atoms with Gasteiger partial charge in [-0.05, 0) is 0 Å². The first kappa shape index (κ1) is 10.2. The molecule has 14 heavy (non-hydrogen) atoms. The van der Waals surface area contributed by atoms with Crippen LogP contribution in [0.1, 0.15) is 0 Å². The average Bonchev–Trinajstić information content (AvgIpc) is 2.19. The van der Waals surface area contributed by atoms with Crippen LogP contribution in [0.4, 0.5) is 27.6 Å². The van der Waals surface area contributed by atoms with Gasteiger partial charge in [-0.25, -0.2) is 22.0 Å². The molecule has 0 aliphatic carbocycles. The predicted molar refractivity (Wildman–Crippen MR) is 35.5 cm³/mol. The molecule has 0 bridgehead atoms. The van der Waals surface area contributed by atoms with E-state index in [0.717, 1.165) is 6.19 Å². The first-order valence-corrected chi connectivity index (χ1v) is 3.17. The molecule has 0 aliphatic rings. The number of hydrogen-bond acceptors (Lipinski definition) is 2. The van der Waals surface area contributed by atoms with Crippen LogP contribution in [0.2, 0.25) is 0 Å². The molecule has 1 rings (SSSR count). The quantitative estimate of drug-likeness (QED) is 0.252. The molecule has 1 aromatic rings. The molecule has 0 saturated carbocycles. The highest BCUT2D eigenvalue weighted by Gasteiger charge is 2.25. The number of benzene rings is 1. The number of rotatable bonds is 1. The van der Waals surface area contributed by atoms with Crippen molar-refractivity contribution >= 4 is 5.69 Å². The number of nitrogens with zero attached hydrogens (tertiary/aromatic N) is 1. The summed E-state index contributed by atoms with van der Waals surface area (Å²) in [7, 11) is 0. The smallest absolute Gasteiger partial charge is 0.200 e. The van der Waals surface area contributed by atoms with Gasteiger partial charge in [-0.15, -0.1) is 0 Å². The first-order valence-electron chi connectivity index (χ1n) is 3.17. The van der Waals surface area contributed by atoms with E-state index in [9.17, 15) is 22.0 Å². The minimum absolute atomic E-state index is 1.05. The molecule has 7 heteroatoms. The number of nitrogens with one attached hydrogen (secondary N) is 1. The summed E-state index contributed by atoms with van der Waals surface area (Å²) in [4.78, 5) is 0. The van der Waals surface area contributed by atoms with Gasteiger partial charge < -0.3 is 0 Å². The van der Waals surface area contributed by atoms with Crippen LogP contribution in [0.3, 0.4) is 0 Å². The zero-order chi connectivity index (χ0) is 10.9. The lowest BCUT2D eigenvalue weighted by Crippen LogP contribution is -2.06. The van der Waals surface area contributed by atoms with E-state index in [4.69, 9.17) is 5.26 Å². The van der Waals surface area contributed by atoms with Gasteiger partial charge in [-0.1, -0.05) is 0 Å². The summed E-state index contributed by atoms with van der Waals surface area (Å²) in [5, 5.41) is 9.35. The summed E-state index contributed by atoms with van der Waals surface area (Å²) in [5.41, 5.74) is -1.36. The molecule has 1 aromatic carbocycles. The number of anilines is 1. The zero-order valence-corrected chi connectivity index (χ0v) is 6.34. The Balaban J connectivity index is 3.53. The molecule has 0 radical (unpaired) electrons. The molecule has 0 spiro atoms. The van der Waals surface area contributed by atoms with Crippen molar-refractivity contribution in [2.45, 2.75) is 0 Å². The van der Waals surface area contributed by atoms with Crippen molar-refractivity contribution in [3.63, 3.8) is 0 Å². The summed E-state index contributed by atoms with van der Waals surface area (Å²) < 4.78 is 62.5. The highest BCUT2D eigenvalue weighted by Crippen LogP contribution is 2.26. The molecule has 0 aromatic heterocycles. The predicted octanol–water partition coefficient (Wildman–Crippen LogP) is 2.28. The van der Waals surface area contributed by atoms with E-state index in [1.54, 1.807) is 0 Å². The molecule has 74 valence electrons. The Labute approximate surface area is 74.6 Å². The van der Waals surface area contributed by atoms with Gasteiger partial charge >= 0.3 is 0 Å². The summed E-state index contributed by atoms with van der Waals surface area (Å²) in [6.07, 6.45) is 1.05. The summed E-state index contributed by atoms with van der Waals surface area (Å²) in [5.74, 6) is -10.6. The Morgan fingerprint density at radius 1 is 0.786 bits per heavy atom. The monoisotopic (exact) mass is 208 g/mol. The molecule has 0 aliphatic heterocycles. The van der Waals surface area contributed by atoms with Crippen molar-refractivity contribution in [2.24, 2.45) is 0 Å². The molecule has 0 amide bonds. The SMILES string of the molecule is N#CNc1c(F)c(F)c(F)c(F)c1F. The standard InChI is InChI=1S/C7HF5N2/c8-2-3(9)5(11)7(14-1-13)6(12)4(2)10/h14H. The number of hydrogen-bond donors (Lipinski definition) is 1. The van der Waals surface area contributed by atoms with Gasteiger partial charge in [0.15, 0.2) is 29.5 Å². The van der Waals surface area contributed by atoms with Gasteiger partial charge in [0.25, 0.3) is 0 Å². The van der Waals surface area contributed by atoms with Gasteiger partial charge in [0, 0.05) is 0 Å². The highest BCUT2D eigenvalue weighted by atomic mass is 19.2. The maximum atomic E-state index is 12.7. The van der Waals surface area contributed by atoms with Crippen molar-refractivity contribution in [1.82, 2.24) is 0 Å². The van der Waals surface area contributed by atoms with Crippen molar-refractivity contribution in [2.75, 3.05) is 5.32 Å². The van der Waals surface area contributed by atoms with Gasteiger partial charge in [0.1, 0.15) is 5.69 Å². The second-order valence-corrected chi connectivity index (χ2v) is 2.18. The average molecular weight is 208 g/mol. The second-order valence-electron chi connectivity index (χ2n) is 2.18. The molecule has 0 fully saturated rings. The van der Waals surface area contributed by atoms with Crippen LogP contribution in [0.25, 0.3) is 0 Å². The minimum Gasteiger partial charge on any atom is -0.287 e. The Bertz CT molecular complexity index is 394. The molecule has 1 N–H and O–H groups in total. The third-order valence-corrected chi connectivity index (χ3v) is 1.39. The maximum Gasteiger partial charge on any atom is 0.200 e. The van der Waals surface area contributed by atoms with Crippen LogP contribution >= 0.6 is 0 Å². The third-order valence-electron chi connectivity index (χ3n) is 1.39. The summed E-state index contributed by atoms with van der Waals surface area (Å²) >= 11 is 0. The van der Waals surface area contributed by atoms with E-state index in [2.05, 4.69) is 0 Å². The molecule has 0 heterocycles. The van der Waals surface area contributed by atoms with Gasteiger partial charge in [-0.3, -0.25) is 5.32 Å². The van der Waals surface area contributed by atoms with Crippen LogP contribution in [0.15, 0.2) is 0 Å². The van der Waals surface area contributed by atoms with Gasteiger partial charge in [-0.2, -0.15) is 5.26 Å². The maximum absolute atomic E-state index is 12.7. The molecule has 0 atom stereocenters. The van der Waals surface area contributed by atoms with Crippen LogP contribution in [-0.2, 0) is 0 Å². The van der Waals surface area contributed by atoms with Crippen molar-refractivity contribution in [3.8, 4) is 6.19 Å². The highest BCUT2D eigenvalue weighted by molar-refractivity contribution is 5.50. The molecular formula is C7HF5N2. The van der Waals surface area contributed by atoms with Crippen LogP contribution in [0, 0.1) is 40.5 Å². The zero-order valence-electron chi connectivity index (χ0n) is 6.34. The fraction of sp³-hybridized carbons (Fsp3) is 0. The van der Waals surface area contributed by atoms with Crippen LogP contribution in [-0.4, -0.2) is 0 Å². The first-order chi connectivity index (χ1) is 6.50. The third kappa shape index (κ3) is 1.35. The Morgan fingerprint density at radius 2 is 1.14 bits per heavy atom. The van der Waals surface area contributed by atoms with E-state index in [0.29, 0.717) is 0 Å². The topological polar surface area (TPSA) is 35.8 Å². The fourth-order valence-electron chi connectivity index (χ4n) is 0.771. The Hall–Kier alpha value is -1.84. The van der Waals surface area contributed by atoms with E-state index < -0.39 is 34.8 Å². The summed E-state index contributed by atoms with van der Waals surface area (Å²) in [6.45, 7) is 0. The van der Waals surface area contributed by atoms with Crippen LogP contribution < -0.4 is 5.32 Å². The lowest BCUT2D eigenvalue weighted by molar-refractivity contribution is 0.382. The molecule has 2 nitrogen and oxygen atoms in total. The van der Waals surface area contributed by atoms with E-state index in [1.807, 2.05) is 0 Å². The Morgan fingerprint density at radius 3 is 1.50 bits per heavy atom. The van der Waals surface area contributed by atoms with E-state index in [1.165, 1.54) is 5.32 Å². The minimum atomic E-state index is -2.26. The van der Waals surface area contributed by atoms with Gasteiger partial charge in [0.2, 0.25) is 5.82 Å². The molecular weight excluding hydrogens is 207 g/mol. The van der Waals surface area contributed by atoms with Gasteiger partial charge in [0.05, 0.1) is 0 Å². The van der Waals surface area contributed by atoms with Crippen molar-refractivity contribution < 1.29 is 22.0 Å². The summed E-state index contributed by atoms with van der Waals surface area (Å²) in [6, 6.07) is 0. The normalized spacial score (nSPS) is 9.71. The van der Waals surface area contributed by atoms with Crippen molar-refractivity contribution in [3.05, 3.63) is 29.1 Å². The van der Waals surface area contributed by atoms with Crippen molar-refractivity contribution in [1.29, 1.82) is 5.26 Å². The molecule has 0 unspecified atom stereocenters. The lowest BCUT2D eigenvalue weighted by Gasteiger charge is -2.04. The molecule has 0 saturated heterocycles. The second kappa shape index (κ2) is 3.49. The number of nitriles is 1. The number of halogens is 5.